The van der Waals surface area contributed by atoms with Crippen LogP contribution in [0.1, 0.15) is 5.56 Å². The molecule has 0 aliphatic carbocycles. The minimum absolute atomic E-state index is 0. The number of aryl methyl sites for hydroxylation is 2. The molecule has 3 rings (SSSR count). The van der Waals surface area contributed by atoms with Gasteiger partial charge in [-0.3, -0.25) is 9.37 Å². The third-order valence-electron chi connectivity index (χ3n) is 3.21. The minimum atomic E-state index is 0. The van der Waals surface area contributed by atoms with Crippen LogP contribution in [0.5, 0.6) is 11.5 Å². The summed E-state index contributed by atoms with van der Waals surface area (Å²) in [5.41, 5.74) is 3.51. The predicted molar refractivity (Wildman–Crippen MR) is 80.7 cm³/mol. The molecular weight excluding hydrogens is 328 g/mol. The van der Waals surface area contributed by atoms with Crippen LogP contribution in [-0.2, 0) is 13.0 Å². The molecule has 1 N–H and O–H groups in total. The summed E-state index contributed by atoms with van der Waals surface area (Å²) in [5.74, 6) is 1.51. The van der Waals surface area contributed by atoms with Gasteiger partial charge in [-0.25, -0.2) is 0 Å². The standard InChI is InChI=1S/C13H14N2O2S.BrH/c1-16-11-5-8-3-4-15-10(7-13(14)18-15)9(8)6-12(11)17-2;/h5-7,14H,3-4H2,1-2H3;1H. The molecule has 0 bridgehead atoms. The average Bonchev–Trinajstić information content (AvgIpc) is 2.77. The monoisotopic (exact) mass is 342 g/mol. The molecule has 1 aromatic carbocycles. The zero-order chi connectivity index (χ0) is 12.7. The first-order valence-corrected chi connectivity index (χ1v) is 6.51. The van der Waals surface area contributed by atoms with Gasteiger partial charge in [0.15, 0.2) is 11.5 Å². The highest BCUT2D eigenvalue weighted by atomic mass is 79.9. The number of ether oxygens (including phenoxy) is 2. The van der Waals surface area contributed by atoms with Gasteiger partial charge in [0.1, 0.15) is 4.67 Å². The number of aromatic nitrogens is 1. The van der Waals surface area contributed by atoms with E-state index in [9.17, 15) is 0 Å². The summed E-state index contributed by atoms with van der Waals surface area (Å²) in [4.78, 5) is 0. The number of nitrogens with one attached hydrogen (secondary N) is 1. The third-order valence-corrected chi connectivity index (χ3v) is 4.13. The number of methoxy groups -OCH3 is 2. The van der Waals surface area contributed by atoms with E-state index in [1.54, 1.807) is 14.2 Å². The van der Waals surface area contributed by atoms with E-state index < -0.39 is 0 Å². The molecule has 0 spiro atoms. The first-order valence-electron chi connectivity index (χ1n) is 5.74. The molecule has 0 saturated heterocycles. The molecule has 0 saturated carbocycles. The van der Waals surface area contributed by atoms with Crippen molar-refractivity contribution >= 4 is 28.5 Å². The Morgan fingerprint density at radius 1 is 1.16 bits per heavy atom. The smallest absolute Gasteiger partial charge is 0.161 e. The molecule has 19 heavy (non-hydrogen) atoms. The highest BCUT2D eigenvalue weighted by molar-refractivity contribution is 8.93. The van der Waals surface area contributed by atoms with Gasteiger partial charge in [-0.1, -0.05) is 0 Å². The quantitative estimate of drug-likeness (QED) is 0.912. The Hall–Kier alpha value is -1.27. The maximum atomic E-state index is 7.75. The van der Waals surface area contributed by atoms with E-state index in [4.69, 9.17) is 14.9 Å². The summed E-state index contributed by atoms with van der Waals surface area (Å²) in [6.45, 7) is 0.932. The minimum Gasteiger partial charge on any atom is -0.493 e. The van der Waals surface area contributed by atoms with Gasteiger partial charge < -0.3 is 9.47 Å². The first kappa shape index (κ1) is 14.1. The highest BCUT2D eigenvalue weighted by Crippen LogP contribution is 2.38. The van der Waals surface area contributed by atoms with Crippen LogP contribution in [-0.4, -0.2) is 18.2 Å². The zero-order valence-electron chi connectivity index (χ0n) is 10.7. The van der Waals surface area contributed by atoms with Crippen molar-refractivity contribution in [1.29, 1.82) is 5.41 Å². The Bertz CT molecular complexity index is 663. The van der Waals surface area contributed by atoms with E-state index >= 15 is 0 Å². The van der Waals surface area contributed by atoms with Gasteiger partial charge in [-0.05, 0) is 41.7 Å². The maximum Gasteiger partial charge on any atom is 0.161 e. The van der Waals surface area contributed by atoms with Crippen molar-refractivity contribution in [3.8, 4) is 22.8 Å². The van der Waals surface area contributed by atoms with Crippen molar-refractivity contribution in [2.75, 3.05) is 14.2 Å². The molecule has 6 heteroatoms. The highest BCUT2D eigenvalue weighted by Gasteiger charge is 2.19. The van der Waals surface area contributed by atoms with Crippen molar-refractivity contribution in [3.63, 3.8) is 0 Å². The number of benzene rings is 1. The molecular formula is C13H15BrN2O2S. The summed E-state index contributed by atoms with van der Waals surface area (Å²) in [7, 11) is 3.30. The second kappa shape index (κ2) is 5.38. The largest absolute Gasteiger partial charge is 0.493 e. The van der Waals surface area contributed by atoms with Crippen molar-refractivity contribution < 1.29 is 9.47 Å². The number of hydrogen-bond acceptors (Lipinski definition) is 4. The fraction of sp³-hybridized carbons (Fsp3) is 0.308. The lowest BCUT2D eigenvalue weighted by Gasteiger charge is -2.20. The van der Waals surface area contributed by atoms with Gasteiger partial charge >= 0.3 is 0 Å². The molecule has 0 atom stereocenters. The van der Waals surface area contributed by atoms with Crippen LogP contribution in [0.2, 0.25) is 0 Å². The fourth-order valence-electron chi connectivity index (χ4n) is 2.36. The SMILES string of the molecule is Br.COc1cc2c(cc1OC)-c1cc(=N)sn1CC2. The van der Waals surface area contributed by atoms with E-state index in [1.807, 2.05) is 18.2 Å². The number of halogens is 1. The van der Waals surface area contributed by atoms with Gasteiger partial charge in [0.25, 0.3) is 0 Å². The summed E-state index contributed by atoms with van der Waals surface area (Å²) in [5, 5.41) is 7.75. The van der Waals surface area contributed by atoms with E-state index in [-0.39, 0.29) is 17.0 Å². The van der Waals surface area contributed by atoms with Crippen molar-refractivity contribution in [2.45, 2.75) is 13.0 Å². The van der Waals surface area contributed by atoms with Crippen molar-refractivity contribution in [2.24, 2.45) is 0 Å². The molecule has 0 unspecified atom stereocenters. The number of fused-ring (bicyclic) bond motifs is 3. The lowest BCUT2D eigenvalue weighted by atomic mass is 9.98. The van der Waals surface area contributed by atoms with Crippen molar-refractivity contribution in [3.05, 3.63) is 28.4 Å². The van der Waals surface area contributed by atoms with Gasteiger partial charge in [-0.15, -0.1) is 17.0 Å². The van der Waals surface area contributed by atoms with Crippen LogP contribution in [0, 0.1) is 5.41 Å². The van der Waals surface area contributed by atoms with Gasteiger partial charge in [0.2, 0.25) is 0 Å². The summed E-state index contributed by atoms with van der Waals surface area (Å²) < 4.78 is 13.4. The Morgan fingerprint density at radius 3 is 2.53 bits per heavy atom. The summed E-state index contributed by atoms with van der Waals surface area (Å²) >= 11 is 1.49. The van der Waals surface area contributed by atoms with Gasteiger partial charge in [0, 0.05) is 12.1 Å². The van der Waals surface area contributed by atoms with Gasteiger partial charge in [0.05, 0.1) is 19.9 Å². The number of rotatable bonds is 2. The normalized spacial score (nSPS) is 12.1. The van der Waals surface area contributed by atoms with Crippen LogP contribution in [0.15, 0.2) is 18.2 Å². The summed E-state index contributed by atoms with van der Waals surface area (Å²) in [6, 6.07) is 5.96. The van der Waals surface area contributed by atoms with Crippen LogP contribution in [0.25, 0.3) is 11.3 Å². The molecule has 102 valence electrons. The zero-order valence-corrected chi connectivity index (χ0v) is 13.3. The average molecular weight is 343 g/mol. The molecule has 0 radical (unpaired) electrons. The second-order valence-corrected chi connectivity index (χ2v) is 5.26. The Labute approximate surface area is 126 Å². The lowest BCUT2D eigenvalue weighted by Crippen LogP contribution is -2.09. The Kier molecular flexibility index (Phi) is 4.01. The van der Waals surface area contributed by atoms with Crippen molar-refractivity contribution in [1.82, 2.24) is 3.96 Å². The predicted octanol–water partition coefficient (Wildman–Crippen LogP) is 2.85. The van der Waals surface area contributed by atoms with Crippen LogP contribution >= 0.6 is 28.5 Å². The molecule has 1 aromatic heterocycles. The van der Waals surface area contributed by atoms with Crippen LogP contribution < -0.4 is 14.1 Å². The van der Waals surface area contributed by atoms with Crippen LogP contribution in [0.4, 0.5) is 0 Å². The maximum absolute atomic E-state index is 7.75. The molecule has 1 aliphatic heterocycles. The molecule has 0 amide bonds. The second-order valence-electron chi connectivity index (χ2n) is 4.20. The van der Waals surface area contributed by atoms with E-state index in [0.717, 1.165) is 35.7 Å². The Morgan fingerprint density at radius 2 is 1.84 bits per heavy atom. The molecule has 2 heterocycles. The first-order chi connectivity index (χ1) is 8.72. The van der Waals surface area contributed by atoms with E-state index in [1.165, 1.54) is 17.1 Å². The number of hydrogen-bond donors (Lipinski definition) is 1. The molecule has 4 nitrogen and oxygen atoms in total. The van der Waals surface area contributed by atoms with E-state index in [2.05, 4.69) is 3.96 Å². The summed E-state index contributed by atoms with van der Waals surface area (Å²) in [6.07, 6.45) is 0.966. The molecule has 2 aromatic rings. The Balaban J connectivity index is 0.00000133. The topological polar surface area (TPSA) is 47.2 Å². The van der Waals surface area contributed by atoms with Gasteiger partial charge in [-0.2, -0.15) is 0 Å². The van der Waals surface area contributed by atoms with Crippen LogP contribution in [0.3, 0.4) is 0 Å². The molecule has 1 aliphatic rings. The molecule has 0 fully saturated rings. The third kappa shape index (κ3) is 2.30. The van der Waals surface area contributed by atoms with E-state index in [0.29, 0.717) is 4.67 Å². The lowest BCUT2D eigenvalue weighted by molar-refractivity contribution is 0.354. The number of nitrogens with zero attached hydrogens (tertiary/aromatic N) is 1. The fourth-order valence-corrected chi connectivity index (χ4v) is 3.19.